The molecule has 0 atom stereocenters. The van der Waals surface area contributed by atoms with Crippen LogP contribution in [0.2, 0.25) is 0 Å². The number of hydrogen-bond acceptors (Lipinski definition) is 4. The molecule has 100 valence electrons. The summed E-state index contributed by atoms with van der Waals surface area (Å²) in [4.78, 5) is 0. The molecular formula is C14H18N4O. The molecule has 3 rings (SSSR count). The van der Waals surface area contributed by atoms with Crippen molar-refractivity contribution in [3.05, 3.63) is 42.2 Å². The second kappa shape index (κ2) is 4.75. The van der Waals surface area contributed by atoms with Gasteiger partial charge in [0, 0.05) is 0 Å². The molecule has 0 spiro atoms. The van der Waals surface area contributed by atoms with Crippen LogP contribution < -0.4 is 5.73 Å². The zero-order valence-corrected chi connectivity index (χ0v) is 10.7. The van der Waals surface area contributed by atoms with E-state index in [1.807, 2.05) is 36.5 Å². The van der Waals surface area contributed by atoms with E-state index in [2.05, 4.69) is 10.3 Å². The van der Waals surface area contributed by atoms with Crippen molar-refractivity contribution in [2.75, 3.05) is 0 Å². The summed E-state index contributed by atoms with van der Waals surface area (Å²) in [7, 11) is 0. The molecule has 0 amide bonds. The lowest BCUT2D eigenvalue weighted by atomic mass is 9.79. The van der Waals surface area contributed by atoms with Crippen LogP contribution >= 0.6 is 0 Å². The van der Waals surface area contributed by atoms with Gasteiger partial charge in [0.05, 0.1) is 23.5 Å². The molecule has 1 heterocycles. The number of rotatable bonds is 2. The van der Waals surface area contributed by atoms with Gasteiger partial charge in [-0.05, 0) is 37.8 Å². The van der Waals surface area contributed by atoms with Crippen molar-refractivity contribution < 1.29 is 5.11 Å². The molecule has 1 aliphatic carbocycles. The maximum absolute atomic E-state index is 9.57. The number of hydrogen-bond donors (Lipinski definition) is 2. The standard InChI is InChI=1S/C14H18N4O/c15-14(8-6-12(19)7-9-14)13-10-18(17-16-13)11-4-2-1-3-5-11/h1-5,10,12,19H,6-9,15H2. The number of benzene rings is 1. The van der Waals surface area contributed by atoms with Crippen molar-refractivity contribution in [1.82, 2.24) is 15.0 Å². The molecule has 5 nitrogen and oxygen atoms in total. The number of nitrogens with zero attached hydrogens (tertiary/aromatic N) is 3. The van der Waals surface area contributed by atoms with Crippen LogP contribution in [0.4, 0.5) is 0 Å². The summed E-state index contributed by atoms with van der Waals surface area (Å²) in [6.45, 7) is 0. The third-order valence-corrected chi connectivity index (χ3v) is 3.87. The largest absolute Gasteiger partial charge is 0.393 e. The average molecular weight is 258 g/mol. The molecule has 3 N–H and O–H groups in total. The molecule has 2 aromatic rings. The molecule has 1 saturated carbocycles. The molecule has 19 heavy (non-hydrogen) atoms. The summed E-state index contributed by atoms with van der Waals surface area (Å²) in [6.07, 6.45) is 4.64. The fourth-order valence-electron chi connectivity index (χ4n) is 2.57. The Bertz CT molecular complexity index is 544. The van der Waals surface area contributed by atoms with E-state index in [9.17, 15) is 5.11 Å². The Morgan fingerprint density at radius 2 is 1.89 bits per heavy atom. The van der Waals surface area contributed by atoms with Crippen molar-refractivity contribution in [2.24, 2.45) is 5.73 Å². The first kappa shape index (κ1) is 12.3. The van der Waals surface area contributed by atoms with Crippen LogP contribution in [0.1, 0.15) is 31.4 Å². The maximum atomic E-state index is 9.57. The van der Waals surface area contributed by atoms with Crippen molar-refractivity contribution in [3.8, 4) is 5.69 Å². The Labute approximate surface area is 112 Å². The number of aliphatic hydroxyl groups is 1. The normalized spacial score (nSPS) is 27.4. The van der Waals surface area contributed by atoms with Crippen LogP contribution in [0.25, 0.3) is 5.69 Å². The predicted molar refractivity (Wildman–Crippen MR) is 71.7 cm³/mol. The Kier molecular flexibility index (Phi) is 3.08. The number of nitrogens with two attached hydrogens (primary N) is 1. The highest BCUT2D eigenvalue weighted by atomic mass is 16.3. The third kappa shape index (κ3) is 2.39. The summed E-state index contributed by atoms with van der Waals surface area (Å²) in [5.41, 5.74) is 7.74. The molecule has 1 aromatic heterocycles. The monoisotopic (exact) mass is 258 g/mol. The van der Waals surface area contributed by atoms with E-state index in [0.717, 1.165) is 37.1 Å². The van der Waals surface area contributed by atoms with Crippen molar-refractivity contribution in [3.63, 3.8) is 0 Å². The topological polar surface area (TPSA) is 77.0 Å². The molecule has 0 aliphatic heterocycles. The van der Waals surface area contributed by atoms with Gasteiger partial charge in [0.25, 0.3) is 0 Å². The lowest BCUT2D eigenvalue weighted by molar-refractivity contribution is 0.0956. The molecule has 1 aliphatic rings. The average Bonchev–Trinajstić information content (AvgIpc) is 2.94. The van der Waals surface area contributed by atoms with Crippen molar-refractivity contribution in [1.29, 1.82) is 0 Å². The molecule has 1 fully saturated rings. The smallest absolute Gasteiger partial charge is 0.103 e. The van der Waals surface area contributed by atoms with Gasteiger partial charge in [-0.15, -0.1) is 5.10 Å². The molecule has 0 radical (unpaired) electrons. The minimum Gasteiger partial charge on any atom is -0.393 e. The second-order valence-corrected chi connectivity index (χ2v) is 5.27. The second-order valence-electron chi connectivity index (χ2n) is 5.27. The Morgan fingerprint density at radius 1 is 1.21 bits per heavy atom. The zero-order valence-electron chi connectivity index (χ0n) is 10.7. The first-order valence-electron chi connectivity index (χ1n) is 6.63. The quantitative estimate of drug-likeness (QED) is 0.852. The van der Waals surface area contributed by atoms with Gasteiger partial charge >= 0.3 is 0 Å². The van der Waals surface area contributed by atoms with Gasteiger partial charge in [0.15, 0.2) is 0 Å². The molecule has 1 aromatic carbocycles. The lowest BCUT2D eigenvalue weighted by Gasteiger charge is -2.33. The minimum atomic E-state index is -0.452. The SMILES string of the molecule is NC1(c2cn(-c3ccccc3)nn2)CCC(O)CC1. The van der Waals surface area contributed by atoms with Gasteiger partial charge in [-0.3, -0.25) is 0 Å². The van der Waals surface area contributed by atoms with E-state index >= 15 is 0 Å². The first-order chi connectivity index (χ1) is 9.17. The summed E-state index contributed by atoms with van der Waals surface area (Å²) in [5, 5.41) is 17.9. The van der Waals surface area contributed by atoms with Gasteiger partial charge in [-0.2, -0.15) is 0 Å². The molecular weight excluding hydrogens is 240 g/mol. The maximum Gasteiger partial charge on any atom is 0.103 e. The molecule has 0 unspecified atom stereocenters. The van der Waals surface area contributed by atoms with Crippen molar-refractivity contribution in [2.45, 2.75) is 37.3 Å². The van der Waals surface area contributed by atoms with E-state index in [4.69, 9.17) is 5.73 Å². The summed E-state index contributed by atoms with van der Waals surface area (Å²) >= 11 is 0. The van der Waals surface area contributed by atoms with E-state index in [0.29, 0.717) is 0 Å². The van der Waals surface area contributed by atoms with Gasteiger partial charge in [-0.1, -0.05) is 23.4 Å². The summed E-state index contributed by atoms with van der Waals surface area (Å²) < 4.78 is 1.75. The number of aromatic nitrogens is 3. The summed E-state index contributed by atoms with van der Waals surface area (Å²) in [5.74, 6) is 0. The highest BCUT2D eigenvalue weighted by Gasteiger charge is 2.35. The van der Waals surface area contributed by atoms with Crippen molar-refractivity contribution >= 4 is 0 Å². The number of aliphatic hydroxyl groups excluding tert-OH is 1. The Morgan fingerprint density at radius 3 is 2.58 bits per heavy atom. The fraction of sp³-hybridized carbons (Fsp3) is 0.429. The third-order valence-electron chi connectivity index (χ3n) is 3.87. The van der Waals surface area contributed by atoms with Crippen LogP contribution in [-0.2, 0) is 5.54 Å². The van der Waals surface area contributed by atoms with Crippen LogP contribution in [0.3, 0.4) is 0 Å². The number of para-hydroxylation sites is 1. The van der Waals surface area contributed by atoms with Crippen LogP contribution in [0, 0.1) is 0 Å². The van der Waals surface area contributed by atoms with Gasteiger partial charge < -0.3 is 10.8 Å². The highest BCUT2D eigenvalue weighted by Crippen LogP contribution is 2.33. The minimum absolute atomic E-state index is 0.221. The Hall–Kier alpha value is -1.72. The lowest BCUT2D eigenvalue weighted by Crippen LogP contribution is -2.42. The van der Waals surface area contributed by atoms with E-state index in [-0.39, 0.29) is 6.10 Å². The molecule has 0 saturated heterocycles. The predicted octanol–water partition coefficient (Wildman–Crippen LogP) is 1.36. The highest BCUT2D eigenvalue weighted by molar-refractivity contribution is 5.30. The van der Waals surface area contributed by atoms with Gasteiger partial charge in [0.1, 0.15) is 5.69 Å². The fourth-order valence-corrected chi connectivity index (χ4v) is 2.57. The van der Waals surface area contributed by atoms with E-state index in [1.54, 1.807) is 4.68 Å². The molecule has 0 bridgehead atoms. The van der Waals surface area contributed by atoms with Crippen LogP contribution in [0.5, 0.6) is 0 Å². The van der Waals surface area contributed by atoms with Crippen LogP contribution in [-0.4, -0.2) is 26.2 Å². The summed E-state index contributed by atoms with van der Waals surface area (Å²) in [6, 6.07) is 9.85. The molecule has 5 heteroatoms. The van der Waals surface area contributed by atoms with Gasteiger partial charge in [-0.25, -0.2) is 4.68 Å². The Balaban J connectivity index is 1.85. The van der Waals surface area contributed by atoms with E-state index in [1.165, 1.54) is 0 Å². The first-order valence-corrected chi connectivity index (χ1v) is 6.63. The zero-order chi connectivity index (χ0) is 13.3. The van der Waals surface area contributed by atoms with Gasteiger partial charge in [0.2, 0.25) is 0 Å². The van der Waals surface area contributed by atoms with E-state index < -0.39 is 5.54 Å². The van der Waals surface area contributed by atoms with Crippen LogP contribution in [0.15, 0.2) is 36.5 Å².